The molecule has 0 N–H and O–H groups in total. The SMILES string of the molecule is CCCCCCC/C=C\C/C=C\C/C=C\CCCCCCCCCCC(=O)OCC(COC(=O)CCCCCCCCCCCCCCCCC)OC(=O)CCCCCCCCC/C=C\CCCCCCCC. The predicted molar refractivity (Wildman–Crippen MR) is 316 cm³/mol. The molecule has 0 bridgehead atoms. The molecule has 0 saturated carbocycles. The third-order valence-corrected chi connectivity index (χ3v) is 14.3. The van der Waals surface area contributed by atoms with Crippen LogP contribution < -0.4 is 0 Å². The molecule has 0 aromatic heterocycles. The second-order valence-electron chi connectivity index (χ2n) is 21.7. The molecule has 0 aliphatic rings. The van der Waals surface area contributed by atoms with E-state index >= 15 is 0 Å². The van der Waals surface area contributed by atoms with Crippen molar-refractivity contribution in [2.24, 2.45) is 0 Å². The summed E-state index contributed by atoms with van der Waals surface area (Å²) in [5, 5.41) is 0. The van der Waals surface area contributed by atoms with Crippen LogP contribution in [0.15, 0.2) is 48.6 Å². The Balaban J connectivity index is 4.34. The van der Waals surface area contributed by atoms with E-state index in [9.17, 15) is 14.4 Å². The van der Waals surface area contributed by atoms with E-state index in [-0.39, 0.29) is 31.1 Å². The van der Waals surface area contributed by atoms with Crippen LogP contribution in [0, 0.1) is 0 Å². The first-order valence-corrected chi connectivity index (χ1v) is 32.1. The fraction of sp³-hybridized carbons (Fsp3) is 0.836. The molecule has 0 radical (unpaired) electrons. The van der Waals surface area contributed by atoms with Crippen LogP contribution in [0.3, 0.4) is 0 Å². The van der Waals surface area contributed by atoms with Gasteiger partial charge in [0.05, 0.1) is 0 Å². The number of allylic oxidation sites excluding steroid dienone is 8. The van der Waals surface area contributed by atoms with Gasteiger partial charge in [-0.25, -0.2) is 0 Å². The quantitative estimate of drug-likeness (QED) is 0.0261. The molecule has 0 aliphatic heterocycles. The lowest BCUT2D eigenvalue weighted by Crippen LogP contribution is -2.30. The lowest BCUT2D eigenvalue weighted by atomic mass is 10.0. The zero-order valence-corrected chi connectivity index (χ0v) is 48.9. The van der Waals surface area contributed by atoms with Crippen LogP contribution in [0.25, 0.3) is 0 Å². The maximum Gasteiger partial charge on any atom is 0.306 e. The van der Waals surface area contributed by atoms with Crippen LogP contribution in [0.5, 0.6) is 0 Å². The number of unbranched alkanes of at least 4 members (excludes halogenated alkanes) is 40. The molecular weight excluding hydrogens is 901 g/mol. The lowest BCUT2D eigenvalue weighted by Gasteiger charge is -2.18. The van der Waals surface area contributed by atoms with Crippen molar-refractivity contribution in [1.82, 2.24) is 0 Å². The van der Waals surface area contributed by atoms with E-state index in [1.54, 1.807) is 0 Å². The van der Waals surface area contributed by atoms with Crippen molar-refractivity contribution in [1.29, 1.82) is 0 Å². The fourth-order valence-corrected chi connectivity index (χ4v) is 9.45. The number of ether oxygens (including phenoxy) is 3. The summed E-state index contributed by atoms with van der Waals surface area (Å²) in [5.74, 6) is -0.865. The summed E-state index contributed by atoms with van der Waals surface area (Å²) in [6, 6.07) is 0. The van der Waals surface area contributed by atoms with E-state index in [0.29, 0.717) is 19.3 Å². The number of hydrogen-bond donors (Lipinski definition) is 0. The van der Waals surface area contributed by atoms with Crippen molar-refractivity contribution >= 4 is 17.9 Å². The van der Waals surface area contributed by atoms with Gasteiger partial charge >= 0.3 is 17.9 Å². The minimum Gasteiger partial charge on any atom is -0.462 e. The number of hydrogen-bond acceptors (Lipinski definition) is 6. The normalized spacial score (nSPS) is 12.3. The van der Waals surface area contributed by atoms with Gasteiger partial charge in [0.25, 0.3) is 0 Å². The molecule has 6 heteroatoms. The molecule has 1 unspecified atom stereocenters. The van der Waals surface area contributed by atoms with Crippen molar-refractivity contribution in [3.05, 3.63) is 48.6 Å². The van der Waals surface area contributed by atoms with E-state index in [1.165, 1.54) is 225 Å². The standard InChI is InChI=1S/C67H122O6/c1-4-7-10-13-16-19-22-25-28-30-31-32-33-34-35-37-39-42-45-48-51-54-57-60-66(69)72-63-64(62-71-65(68)59-56-53-50-47-44-41-38-27-24-21-18-15-12-9-6-3)73-67(70)61-58-55-52-49-46-43-40-36-29-26-23-20-17-14-11-8-5-2/h22,25-26,29-31,33-34,64H,4-21,23-24,27-28,32,35-63H2,1-3H3/b25-22-,29-26-,31-30-,34-33-. The van der Waals surface area contributed by atoms with Crippen molar-refractivity contribution in [2.45, 2.75) is 348 Å². The molecule has 0 aliphatic carbocycles. The first-order chi connectivity index (χ1) is 36.0. The Morgan fingerprint density at radius 2 is 0.493 bits per heavy atom. The van der Waals surface area contributed by atoms with Crippen molar-refractivity contribution in [2.75, 3.05) is 13.2 Å². The predicted octanol–water partition coefficient (Wildman–Crippen LogP) is 21.8. The summed E-state index contributed by atoms with van der Waals surface area (Å²) >= 11 is 0. The third-order valence-electron chi connectivity index (χ3n) is 14.3. The molecule has 0 rings (SSSR count). The van der Waals surface area contributed by atoms with Crippen LogP contribution in [0.2, 0.25) is 0 Å². The number of rotatable bonds is 59. The highest BCUT2D eigenvalue weighted by Gasteiger charge is 2.19. The second kappa shape index (κ2) is 61.9. The summed E-state index contributed by atoms with van der Waals surface area (Å²) in [6.45, 7) is 6.67. The van der Waals surface area contributed by atoms with Gasteiger partial charge in [-0.1, -0.05) is 288 Å². The number of carbonyl (C=O) groups excluding carboxylic acids is 3. The van der Waals surface area contributed by atoms with Gasteiger partial charge in [-0.15, -0.1) is 0 Å². The van der Waals surface area contributed by atoms with Crippen molar-refractivity contribution in [3.63, 3.8) is 0 Å². The van der Waals surface area contributed by atoms with E-state index in [1.807, 2.05) is 0 Å². The first-order valence-electron chi connectivity index (χ1n) is 32.1. The Hall–Kier alpha value is -2.63. The maximum absolute atomic E-state index is 12.9. The topological polar surface area (TPSA) is 78.9 Å². The highest BCUT2D eigenvalue weighted by Crippen LogP contribution is 2.17. The first kappa shape index (κ1) is 70.4. The number of esters is 3. The van der Waals surface area contributed by atoms with E-state index < -0.39 is 6.10 Å². The van der Waals surface area contributed by atoms with Crippen LogP contribution in [-0.4, -0.2) is 37.2 Å². The summed E-state index contributed by atoms with van der Waals surface area (Å²) in [4.78, 5) is 38.3. The van der Waals surface area contributed by atoms with E-state index in [0.717, 1.165) is 77.0 Å². The largest absolute Gasteiger partial charge is 0.462 e. The summed E-state index contributed by atoms with van der Waals surface area (Å²) in [6.07, 6.45) is 76.8. The monoisotopic (exact) mass is 1020 g/mol. The molecule has 0 spiro atoms. The van der Waals surface area contributed by atoms with Crippen molar-refractivity contribution < 1.29 is 28.6 Å². The Bertz CT molecular complexity index is 1270. The molecule has 0 aromatic carbocycles. The molecule has 73 heavy (non-hydrogen) atoms. The van der Waals surface area contributed by atoms with Gasteiger partial charge in [-0.05, 0) is 83.5 Å². The highest BCUT2D eigenvalue weighted by molar-refractivity contribution is 5.71. The Morgan fingerprint density at radius 1 is 0.274 bits per heavy atom. The summed E-state index contributed by atoms with van der Waals surface area (Å²) < 4.78 is 16.9. The van der Waals surface area contributed by atoms with E-state index in [4.69, 9.17) is 14.2 Å². The molecule has 0 saturated heterocycles. The Labute approximate surface area is 454 Å². The zero-order chi connectivity index (χ0) is 52.9. The van der Waals surface area contributed by atoms with Gasteiger partial charge in [-0.3, -0.25) is 14.4 Å². The average molecular weight is 1020 g/mol. The zero-order valence-electron chi connectivity index (χ0n) is 48.9. The molecule has 0 heterocycles. The number of carbonyl (C=O) groups is 3. The molecule has 0 amide bonds. The molecule has 0 aromatic rings. The average Bonchev–Trinajstić information content (AvgIpc) is 3.39. The van der Waals surface area contributed by atoms with Crippen LogP contribution in [0.4, 0.5) is 0 Å². The Morgan fingerprint density at radius 3 is 0.781 bits per heavy atom. The molecule has 426 valence electrons. The van der Waals surface area contributed by atoms with Gasteiger partial charge in [0.1, 0.15) is 13.2 Å². The summed E-state index contributed by atoms with van der Waals surface area (Å²) in [5.41, 5.74) is 0. The molecule has 1 atom stereocenters. The van der Waals surface area contributed by atoms with Gasteiger partial charge in [0.15, 0.2) is 6.10 Å². The lowest BCUT2D eigenvalue weighted by molar-refractivity contribution is -0.167. The molecular formula is C67H122O6. The third kappa shape index (κ3) is 60.1. The second-order valence-corrected chi connectivity index (χ2v) is 21.7. The maximum atomic E-state index is 12.9. The molecule has 6 nitrogen and oxygen atoms in total. The van der Waals surface area contributed by atoms with Gasteiger partial charge < -0.3 is 14.2 Å². The van der Waals surface area contributed by atoms with Gasteiger partial charge in [0.2, 0.25) is 0 Å². The van der Waals surface area contributed by atoms with E-state index in [2.05, 4.69) is 69.4 Å². The van der Waals surface area contributed by atoms with Crippen LogP contribution >= 0.6 is 0 Å². The highest BCUT2D eigenvalue weighted by atomic mass is 16.6. The Kier molecular flexibility index (Phi) is 59.7. The van der Waals surface area contributed by atoms with Gasteiger partial charge in [0, 0.05) is 19.3 Å². The van der Waals surface area contributed by atoms with Gasteiger partial charge in [-0.2, -0.15) is 0 Å². The minimum absolute atomic E-state index is 0.0735. The molecule has 0 fully saturated rings. The minimum atomic E-state index is -0.777. The summed E-state index contributed by atoms with van der Waals surface area (Å²) in [7, 11) is 0. The smallest absolute Gasteiger partial charge is 0.306 e. The fourth-order valence-electron chi connectivity index (χ4n) is 9.45. The van der Waals surface area contributed by atoms with Crippen molar-refractivity contribution in [3.8, 4) is 0 Å². The van der Waals surface area contributed by atoms with Crippen LogP contribution in [-0.2, 0) is 28.6 Å². The van der Waals surface area contributed by atoms with Crippen LogP contribution in [0.1, 0.15) is 342 Å².